The molecule has 7 atom stereocenters. The first kappa shape index (κ1) is 33.4. The van der Waals surface area contributed by atoms with Crippen molar-refractivity contribution in [1.82, 2.24) is 15.5 Å². The molecule has 49 heavy (non-hydrogen) atoms. The van der Waals surface area contributed by atoms with Gasteiger partial charge in [-0.25, -0.2) is 4.79 Å². The van der Waals surface area contributed by atoms with Gasteiger partial charge in [0.25, 0.3) is 0 Å². The third kappa shape index (κ3) is 5.54. The van der Waals surface area contributed by atoms with Crippen LogP contribution in [0.4, 0.5) is 0 Å². The number of carbonyl (C=O) groups excluding carboxylic acids is 2. The molecule has 1 saturated heterocycles. The maximum absolute atomic E-state index is 14.2. The zero-order valence-electron chi connectivity index (χ0n) is 28.6. The van der Waals surface area contributed by atoms with Gasteiger partial charge in [0.05, 0.1) is 17.1 Å². The van der Waals surface area contributed by atoms with E-state index in [1.807, 2.05) is 50.2 Å². The van der Waals surface area contributed by atoms with Crippen molar-refractivity contribution in [3.05, 3.63) is 89.0 Å². The number of hydrogen-bond donors (Lipinski definition) is 4. The number of piperidine rings is 1. The van der Waals surface area contributed by atoms with Crippen LogP contribution in [0.25, 0.3) is 0 Å². The number of nitrogens with zero attached hydrogens (tertiary/aromatic N) is 1. The first-order chi connectivity index (χ1) is 23.6. The van der Waals surface area contributed by atoms with Crippen LogP contribution in [0, 0.1) is 5.92 Å². The molecule has 1 amide bonds. The molecule has 2 bridgehead atoms. The molecule has 7 rings (SSSR count). The van der Waals surface area contributed by atoms with E-state index in [1.165, 1.54) is 5.56 Å². The number of aromatic hydroxyl groups is 2. The lowest BCUT2D eigenvalue weighted by Crippen LogP contribution is -2.78. The summed E-state index contributed by atoms with van der Waals surface area (Å²) in [5, 5.41) is 27.6. The fraction of sp³-hybridized carbons (Fsp3) is 0.487. The highest BCUT2D eigenvalue weighted by Gasteiger charge is 2.73. The second-order valence-corrected chi connectivity index (χ2v) is 14.6. The quantitative estimate of drug-likeness (QED) is 0.224. The average Bonchev–Trinajstić information content (AvgIpc) is 3.46. The van der Waals surface area contributed by atoms with Crippen molar-refractivity contribution in [3.63, 3.8) is 0 Å². The van der Waals surface area contributed by atoms with Gasteiger partial charge in [0.15, 0.2) is 11.5 Å². The number of benzene rings is 3. The second kappa shape index (κ2) is 13.0. The smallest absolute Gasteiger partial charge is 0.329 e. The van der Waals surface area contributed by atoms with E-state index in [1.54, 1.807) is 37.4 Å². The molecular weight excluding hydrogens is 622 g/mol. The molecule has 1 spiro atoms. The van der Waals surface area contributed by atoms with E-state index < -0.39 is 29.1 Å². The van der Waals surface area contributed by atoms with Crippen LogP contribution in [0.1, 0.15) is 55.4 Å². The van der Waals surface area contributed by atoms with Crippen LogP contribution in [-0.4, -0.2) is 83.6 Å². The Morgan fingerprint density at radius 2 is 1.78 bits per heavy atom. The topological polar surface area (TPSA) is 130 Å². The molecule has 2 fully saturated rings. The highest BCUT2D eigenvalue weighted by atomic mass is 16.5. The number of likely N-dealkylation sites (N-methyl/N-ethyl adjacent to an activating group) is 1. The molecule has 3 aromatic rings. The molecule has 4 aliphatic rings. The highest BCUT2D eigenvalue weighted by molar-refractivity contribution is 5.88. The molecule has 3 aromatic carbocycles. The van der Waals surface area contributed by atoms with Gasteiger partial charge < -0.3 is 34.6 Å². The molecule has 4 N–H and O–H groups in total. The van der Waals surface area contributed by atoms with Crippen molar-refractivity contribution < 1.29 is 34.0 Å². The van der Waals surface area contributed by atoms with E-state index in [0.29, 0.717) is 12.2 Å². The van der Waals surface area contributed by atoms with Gasteiger partial charge in [-0.3, -0.25) is 10.1 Å². The van der Waals surface area contributed by atoms with Crippen LogP contribution in [0.5, 0.6) is 17.2 Å². The normalized spacial score (nSPS) is 27.9. The van der Waals surface area contributed by atoms with E-state index in [0.717, 1.165) is 42.5 Å². The van der Waals surface area contributed by atoms with Crippen molar-refractivity contribution in [2.24, 2.45) is 5.92 Å². The summed E-state index contributed by atoms with van der Waals surface area (Å²) in [7, 11) is 3.97. The van der Waals surface area contributed by atoms with Crippen LogP contribution in [-0.2, 0) is 43.9 Å². The Labute approximate surface area is 287 Å². The minimum atomic E-state index is -0.950. The molecule has 4 unspecified atom stereocenters. The molecular formula is C39H47N3O7. The number of amides is 1. The minimum Gasteiger partial charge on any atom is -0.508 e. The maximum atomic E-state index is 14.2. The number of hydrogen-bond acceptors (Lipinski definition) is 9. The SMILES string of the molecule is CO[C@@]12CCC(NC(C(=O)NC(Cc3ccc(O)cc3)C(=O)OCc3ccccc3)C(C)C)[C@@H]3Oc4c(O)ccc5c4[C@@]31CCN(C)C2C5. The van der Waals surface area contributed by atoms with E-state index in [2.05, 4.69) is 22.6 Å². The number of likely N-dealkylation sites (tertiary alicyclic amines) is 1. The zero-order chi connectivity index (χ0) is 34.5. The van der Waals surface area contributed by atoms with Crippen LogP contribution < -0.4 is 15.4 Å². The van der Waals surface area contributed by atoms with Gasteiger partial charge in [-0.2, -0.15) is 0 Å². The van der Waals surface area contributed by atoms with E-state index in [9.17, 15) is 19.8 Å². The fourth-order valence-electron chi connectivity index (χ4n) is 9.26. The second-order valence-electron chi connectivity index (χ2n) is 14.6. The number of phenols is 2. The van der Waals surface area contributed by atoms with Crippen LogP contribution >= 0.6 is 0 Å². The van der Waals surface area contributed by atoms with Gasteiger partial charge in [-0.1, -0.05) is 62.4 Å². The number of phenolic OH excluding ortho intramolecular Hbond substituents is 2. The summed E-state index contributed by atoms with van der Waals surface area (Å²) in [5.41, 5.74) is 2.89. The lowest BCUT2D eigenvalue weighted by molar-refractivity contribution is -0.204. The number of esters is 1. The van der Waals surface area contributed by atoms with Crippen LogP contribution in [0.2, 0.25) is 0 Å². The lowest BCUT2D eigenvalue weighted by Gasteiger charge is -2.65. The molecule has 0 aromatic heterocycles. The minimum absolute atomic E-state index is 0.0868. The van der Waals surface area contributed by atoms with Crippen molar-refractivity contribution in [2.75, 3.05) is 20.7 Å². The Morgan fingerprint density at radius 1 is 1.02 bits per heavy atom. The first-order valence-electron chi connectivity index (χ1n) is 17.4. The molecule has 260 valence electrons. The Hall–Kier alpha value is -4.12. The highest BCUT2D eigenvalue weighted by Crippen LogP contribution is 2.66. The summed E-state index contributed by atoms with van der Waals surface area (Å²) >= 11 is 0. The molecule has 0 radical (unpaired) electrons. The van der Waals surface area contributed by atoms with E-state index >= 15 is 0 Å². The molecule has 2 aliphatic carbocycles. The predicted molar refractivity (Wildman–Crippen MR) is 183 cm³/mol. The standard InChI is InChI=1S/C39H47N3O7/c1-23(2)33(36(45)41-29(20-24-10-13-27(43)14-11-24)37(46)48-22-25-8-6-5-7-9-25)40-28-16-17-39(47-4)31-21-26-12-15-30(44)34-32(26)38(39,35(28)49-34)18-19-42(31)3/h5-15,23,28-29,31,33,35,40,43-44H,16-22H2,1-4H3,(H,41,45)/t28?,29?,31?,33?,35-,38-,39+/m0/s1. The van der Waals surface area contributed by atoms with Gasteiger partial charge in [0.2, 0.25) is 5.91 Å². The third-order valence-corrected chi connectivity index (χ3v) is 11.6. The van der Waals surface area contributed by atoms with Gasteiger partial charge in [0.1, 0.15) is 24.5 Å². The van der Waals surface area contributed by atoms with Gasteiger partial charge in [-0.05, 0) is 80.1 Å². The molecule has 10 heteroatoms. The van der Waals surface area contributed by atoms with Gasteiger partial charge in [-0.15, -0.1) is 0 Å². The van der Waals surface area contributed by atoms with Gasteiger partial charge in [0, 0.05) is 31.2 Å². The number of ether oxygens (including phenoxy) is 3. The average molecular weight is 670 g/mol. The molecule has 1 saturated carbocycles. The maximum Gasteiger partial charge on any atom is 0.329 e. The monoisotopic (exact) mass is 669 g/mol. The summed E-state index contributed by atoms with van der Waals surface area (Å²) < 4.78 is 19.1. The number of carbonyl (C=O) groups is 2. The van der Waals surface area contributed by atoms with Crippen LogP contribution in [0.3, 0.4) is 0 Å². The Balaban J connectivity index is 1.15. The van der Waals surface area contributed by atoms with Crippen molar-refractivity contribution in [2.45, 2.75) is 93.8 Å². The van der Waals surface area contributed by atoms with Crippen molar-refractivity contribution in [1.29, 1.82) is 0 Å². The summed E-state index contributed by atoms with van der Waals surface area (Å²) in [6, 6.07) is 18.1. The number of rotatable bonds is 11. The van der Waals surface area contributed by atoms with Crippen LogP contribution in [0.15, 0.2) is 66.7 Å². The molecule has 2 heterocycles. The van der Waals surface area contributed by atoms with E-state index in [4.69, 9.17) is 14.2 Å². The third-order valence-electron chi connectivity index (χ3n) is 11.6. The zero-order valence-corrected chi connectivity index (χ0v) is 28.6. The number of nitrogens with one attached hydrogen (secondary N) is 2. The van der Waals surface area contributed by atoms with Crippen molar-refractivity contribution in [3.8, 4) is 17.2 Å². The Morgan fingerprint density at radius 3 is 2.49 bits per heavy atom. The Kier molecular flexibility index (Phi) is 8.83. The summed E-state index contributed by atoms with van der Waals surface area (Å²) in [5.74, 6) is -0.165. The first-order valence-corrected chi connectivity index (χ1v) is 17.4. The summed E-state index contributed by atoms with van der Waals surface area (Å²) in [4.78, 5) is 30.2. The predicted octanol–water partition coefficient (Wildman–Crippen LogP) is 3.99. The van der Waals surface area contributed by atoms with Gasteiger partial charge >= 0.3 is 5.97 Å². The van der Waals surface area contributed by atoms with Crippen molar-refractivity contribution >= 4 is 11.9 Å². The van der Waals surface area contributed by atoms with E-state index in [-0.39, 0.29) is 54.5 Å². The largest absolute Gasteiger partial charge is 0.508 e. The lowest BCUT2D eigenvalue weighted by atomic mass is 9.48. The Bertz CT molecular complexity index is 1700. The summed E-state index contributed by atoms with van der Waals surface area (Å²) in [6.07, 6.45) is 2.94. The fourth-order valence-corrected chi connectivity index (χ4v) is 9.26. The summed E-state index contributed by atoms with van der Waals surface area (Å²) in [6.45, 7) is 4.93. The number of methoxy groups -OCH3 is 1. The molecule has 2 aliphatic heterocycles. The molecule has 10 nitrogen and oxygen atoms in total.